The number of nitrogens with zero attached hydrogens (tertiary/aromatic N) is 1. The van der Waals surface area contributed by atoms with E-state index in [1.807, 2.05) is 32.2 Å². The fraction of sp³-hybridized carbons (Fsp3) is 0.462. The van der Waals surface area contributed by atoms with E-state index in [9.17, 15) is 0 Å². The first-order valence-corrected chi connectivity index (χ1v) is 5.69. The summed E-state index contributed by atoms with van der Waals surface area (Å²) in [5.74, 6) is 0.822. The highest BCUT2D eigenvalue weighted by molar-refractivity contribution is 5.45. The minimum atomic E-state index is 0.499. The van der Waals surface area contributed by atoms with E-state index in [-0.39, 0.29) is 0 Å². The summed E-state index contributed by atoms with van der Waals surface area (Å²) >= 11 is 0. The molecule has 88 valence electrons. The Hall–Kier alpha value is -1.35. The first-order chi connectivity index (χ1) is 7.76. The lowest BCUT2D eigenvalue weighted by Crippen LogP contribution is -2.19. The van der Waals surface area contributed by atoms with Crippen LogP contribution in [0, 0.1) is 0 Å². The molecule has 16 heavy (non-hydrogen) atoms. The average molecular weight is 220 g/mol. The number of hydrogen-bond acceptors (Lipinski definition) is 3. The lowest BCUT2D eigenvalue weighted by Gasteiger charge is -2.05. The van der Waals surface area contributed by atoms with Crippen molar-refractivity contribution in [2.45, 2.75) is 26.3 Å². The van der Waals surface area contributed by atoms with E-state index in [1.54, 1.807) is 6.20 Å². The van der Waals surface area contributed by atoms with E-state index in [4.69, 9.17) is 4.74 Å². The summed E-state index contributed by atoms with van der Waals surface area (Å²) in [7, 11) is 1.97. The molecule has 0 amide bonds. The summed E-state index contributed by atoms with van der Waals surface area (Å²) in [6.07, 6.45) is 6.92. The molecule has 1 atom stereocenters. The largest absolute Gasteiger partial charge is 0.492 e. The Morgan fingerprint density at radius 1 is 1.50 bits per heavy atom. The molecule has 1 heterocycles. The van der Waals surface area contributed by atoms with Crippen molar-refractivity contribution >= 4 is 6.08 Å². The molecule has 0 saturated heterocycles. The van der Waals surface area contributed by atoms with Crippen LogP contribution in [0.15, 0.2) is 24.4 Å². The third-order valence-electron chi connectivity index (χ3n) is 2.34. The van der Waals surface area contributed by atoms with Crippen molar-refractivity contribution in [2.24, 2.45) is 0 Å². The second-order valence-electron chi connectivity index (χ2n) is 3.68. The molecule has 0 spiro atoms. The van der Waals surface area contributed by atoms with Crippen molar-refractivity contribution in [1.29, 1.82) is 0 Å². The molecule has 0 fully saturated rings. The van der Waals surface area contributed by atoms with Crippen LogP contribution in [-0.2, 0) is 0 Å². The van der Waals surface area contributed by atoms with Crippen LogP contribution in [0.25, 0.3) is 6.08 Å². The molecule has 1 rings (SSSR count). The highest BCUT2D eigenvalue weighted by Gasteiger charge is 1.94. The van der Waals surface area contributed by atoms with Gasteiger partial charge in [0.05, 0.1) is 18.5 Å². The maximum atomic E-state index is 5.32. The van der Waals surface area contributed by atoms with Gasteiger partial charge in [0.15, 0.2) is 0 Å². The van der Waals surface area contributed by atoms with Crippen LogP contribution in [0.5, 0.6) is 5.75 Å². The average Bonchev–Trinajstić information content (AvgIpc) is 2.31. The van der Waals surface area contributed by atoms with E-state index in [2.05, 4.69) is 23.3 Å². The molecule has 1 aromatic rings. The molecule has 1 N–H and O–H groups in total. The highest BCUT2D eigenvalue weighted by Crippen LogP contribution is 2.10. The van der Waals surface area contributed by atoms with Gasteiger partial charge in [0.2, 0.25) is 0 Å². The number of nitrogens with one attached hydrogen (secondary N) is 1. The molecular weight excluding hydrogens is 200 g/mol. The third kappa shape index (κ3) is 4.45. The van der Waals surface area contributed by atoms with Gasteiger partial charge in [0.25, 0.3) is 0 Å². The summed E-state index contributed by atoms with van der Waals surface area (Å²) in [6.45, 7) is 4.79. The molecule has 1 aromatic heterocycles. The summed E-state index contributed by atoms with van der Waals surface area (Å²) in [5.41, 5.74) is 0.965. The molecule has 1 unspecified atom stereocenters. The first-order valence-electron chi connectivity index (χ1n) is 5.69. The van der Waals surface area contributed by atoms with Crippen molar-refractivity contribution < 1.29 is 4.74 Å². The zero-order valence-corrected chi connectivity index (χ0v) is 10.2. The van der Waals surface area contributed by atoms with Gasteiger partial charge in [0, 0.05) is 6.04 Å². The zero-order chi connectivity index (χ0) is 11.8. The summed E-state index contributed by atoms with van der Waals surface area (Å²) in [4.78, 5) is 4.29. The summed E-state index contributed by atoms with van der Waals surface area (Å²) < 4.78 is 5.32. The van der Waals surface area contributed by atoms with Crippen LogP contribution in [0.3, 0.4) is 0 Å². The van der Waals surface area contributed by atoms with E-state index >= 15 is 0 Å². The second kappa shape index (κ2) is 7.01. The van der Waals surface area contributed by atoms with Crippen LogP contribution in [0.2, 0.25) is 0 Å². The van der Waals surface area contributed by atoms with Gasteiger partial charge in [-0.15, -0.1) is 0 Å². The van der Waals surface area contributed by atoms with Crippen molar-refractivity contribution in [3.8, 4) is 5.75 Å². The molecule has 0 saturated carbocycles. The third-order valence-corrected chi connectivity index (χ3v) is 2.34. The second-order valence-corrected chi connectivity index (χ2v) is 3.68. The molecule has 0 aliphatic heterocycles. The van der Waals surface area contributed by atoms with E-state index in [1.165, 1.54) is 0 Å². The van der Waals surface area contributed by atoms with Crippen molar-refractivity contribution in [3.05, 3.63) is 30.1 Å². The van der Waals surface area contributed by atoms with Crippen molar-refractivity contribution in [3.63, 3.8) is 0 Å². The Kier molecular flexibility index (Phi) is 5.57. The lowest BCUT2D eigenvalue weighted by molar-refractivity contribution is 0.339. The number of pyridine rings is 1. The van der Waals surface area contributed by atoms with E-state index < -0.39 is 0 Å². The Morgan fingerprint density at radius 2 is 2.31 bits per heavy atom. The van der Waals surface area contributed by atoms with Crippen molar-refractivity contribution in [1.82, 2.24) is 10.3 Å². The van der Waals surface area contributed by atoms with E-state index in [0.717, 1.165) is 17.9 Å². The smallest absolute Gasteiger partial charge is 0.137 e. The minimum absolute atomic E-state index is 0.499. The Bertz CT molecular complexity index is 319. The normalized spacial score (nSPS) is 12.9. The van der Waals surface area contributed by atoms with Gasteiger partial charge in [0.1, 0.15) is 5.75 Å². The number of ether oxygens (including phenoxy) is 1. The van der Waals surface area contributed by atoms with Gasteiger partial charge in [-0.2, -0.15) is 0 Å². The topological polar surface area (TPSA) is 34.1 Å². The Balaban J connectivity index is 2.48. The van der Waals surface area contributed by atoms with Crippen LogP contribution < -0.4 is 10.1 Å². The zero-order valence-electron chi connectivity index (χ0n) is 10.2. The minimum Gasteiger partial charge on any atom is -0.492 e. The number of rotatable bonds is 6. The molecule has 3 nitrogen and oxygen atoms in total. The quantitative estimate of drug-likeness (QED) is 0.799. The fourth-order valence-corrected chi connectivity index (χ4v) is 1.25. The van der Waals surface area contributed by atoms with Gasteiger partial charge >= 0.3 is 0 Å². The molecule has 3 heteroatoms. The Morgan fingerprint density at radius 3 is 2.88 bits per heavy atom. The van der Waals surface area contributed by atoms with Gasteiger partial charge in [-0.1, -0.05) is 6.08 Å². The predicted molar refractivity (Wildman–Crippen MR) is 67.6 cm³/mol. The summed E-state index contributed by atoms with van der Waals surface area (Å²) in [6, 6.07) is 4.40. The van der Waals surface area contributed by atoms with Gasteiger partial charge in [-0.3, -0.25) is 4.98 Å². The number of hydrogen-bond donors (Lipinski definition) is 1. The SMILES string of the molecule is CCOc1ccc(/C=C/CC(C)NC)nc1. The Labute approximate surface area is 97.5 Å². The molecule has 0 aliphatic rings. The van der Waals surface area contributed by atoms with Gasteiger partial charge in [-0.25, -0.2) is 0 Å². The summed E-state index contributed by atoms with van der Waals surface area (Å²) in [5, 5.41) is 3.19. The molecule has 0 bridgehead atoms. The maximum absolute atomic E-state index is 5.32. The fourth-order valence-electron chi connectivity index (χ4n) is 1.25. The highest BCUT2D eigenvalue weighted by atomic mass is 16.5. The van der Waals surface area contributed by atoms with Crippen LogP contribution in [0.4, 0.5) is 0 Å². The monoisotopic (exact) mass is 220 g/mol. The van der Waals surface area contributed by atoms with Crippen LogP contribution >= 0.6 is 0 Å². The van der Waals surface area contributed by atoms with Crippen LogP contribution in [-0.4, -0.2) is 24.7 Å². The number of aromatic nitrogens is 1. The van der Waals surface area contributed by atoms with Crippen LogP contribution in [0.1, 0.15) is 26.0 Å². The van der Waals surface area contributed by atoms with E-state index in [0.29, 0.717) is 12.6 Å². The predicted octanol–water partition coefficient (Wildman–Crippen LogP) is 2.49. The standard InChI is InChI=1S/C13H20N2O/c1-4-16-13-9-8-12(15-10-13)7-5-6-11(2)14-3/h5,7-11,14H,4,6H2,1-3H3/b7-5+. The molecule has 0 radical (unpaired) electrons. The molecular formula is C13H20N2O. The maximum Gasteiger partial charge on any atom is 0.137 e. The van der Waals surface area contributed by atoms with Crippen molar-refractivity contribution in [2.75, 3.05) is 13.7 Å². The first kappa shape index (κ1) is 12.7. The molecule has 0 aromatic carbocycles. The van der Waals surface area contributed by atoms with Gasteiger partial charge < -0.3 is 10.1 Å². The lowest BCUT2D eigenvalue weighted by atomic mass is 10.2. The van der Waals surface area contributed by atoms with Gasteiger partial charge in [-0.05, 0) is 45.5 Å². The molecule has 0 aliphatic carbocycles.